The second-order valence-electron chi connectivity index (χ2n) is 5.14. The van der Waals surface area contributed by atoms with Gasteiger partial charge in [0.1, 0.15) is 5.75 Å². The molecule has 98 valence electrons. The second-order valence-corrected chi connectivity index (χ2v) is 5.14. The van der Waals surface area contributed by atoms with Gasteiger partial charge in [0, 0.05) is 0 Å². The van der Waals surface area contributed by atoms with E-state index in [1.807, 2.05) is 0 Å². The van der Waals surface area contributed by atoms with Crippen molar-refractivity contribution in [1.82, 2.24) is 0 Å². The van der Waals surface area contributed by atoms with E-state index in [0.29, 0.717) is 6.04 Å². The van der Waals surface area contributed by atoms with Crippen LogP contribution in [-0.4, -0.2) is 7.11 Å². The number of benzene rings is 2. The molecule has 0 bridgehead atoms. The maximum absolute atomic E-state index is 5.46. The predicted molar refractivity (Wildman–Crippen MR) is 78.9 cm³/mol. The Hall–Kier alpha value is -1.96. The summed E-state index contributed by atoms with van der Waals surface area (Å²) >= 11 is 0. The van der Waals surface area contributed by atoms with Crippen LogP contribution < -0.4 is 10.1 Å². The summed E-state index contributed by atoms with van der Waals surface area (Å²) in [6.07, 6.45) is 2.30. The molecule has 2 nitrogen and oxygen atoms in total. The summed E-state index contributed by atoms with van der Waals surface area (Å²) in [5, 5.41) is 3.62. The minimum Gasteiger partial charge on any atom is -0.495 e. The van der Waals surface area contributed by atoms with Crippen LogP contribution in [0.2, 0.25) is 0 Å². The highest BCUT2D eigenvalue weighted by atomic mass is 16.5. The van der Waals surface area contributed by atoms with E-state index in [1.54, 1.807) is 7.11 Å². The highest BCUT2D eigenvalue weighted by molar-refractivity contribution is 5.59. The number of nitrogens with one attached hydrogen (secondary N) is 1. The summed E-state index contributed by atoms with van der Waals surface area (Å²) in [5.41, 5.74) is 5.18. The van der Waals surface area contributed by atoms with Gasteiger partial charge in [-0.25, -0.2) is 0 Å². The van der Waals surface area contributed by atoms with Gasteiger partial charge in [0.15, 0.2) is 0 Å². The Labute approximate surface area is 114 Å². The van der Waals surface area contributed by atoms with Crippen molar-refractivity contribution in [2.45, 2.75) is 25.8 Å². The summed E-state index contributed by atoms with van der Waals surface area (Å²) in [6, 6.07) is 15.4. The number of anilines is 1. The molecule has 1 atom stereocenters. The third-order valence-corrected chi connectivity index (χ3v) is 3.82. The minimum absolute atomic E-state index is 0.396. The molecule has 0 amide bonds. The maximum atomic E-state index is 5.46. The largest absolute Gasteiger partial charge is 0.495 e. The lowest BCUT2D eigenvalue weighted by Gasteiger charge is -2.18. The van der Waals surface area contributed by atoms with Crippen molar-refractivity contribution in [3.8, 4) is 5.75 Å². The van der Waals surface area contributed by atoms with E-state index < -0.39 is 0 Å². The van der Waals surface area contributed by atoms with Crippen LogP contribution in [0.1, 0.15) is 29.2 Å². The van der Waals surface area contributed by atoms with E-state index >= 15 is 0 Å². The quantitative estimate of drug-likeness (QED) is 0.889. The summed E-state index contributed by atoms with van der Waals surface area (Å²) in [7, 11) is 1.72. The number of ether oxygens (including phenoxy) is 1. The fourth-order valence-corrected chi connectivity index (χ4v) is 2.81. The first-order valence-electron chi connectivity index (χ1n) is 6.77. The third-order valence-electron chi connectivity index (χ3n) is 3.82. The molecule has 0 saturated carbocycles. The van der Waals surface area contributed by atoms with Crippen molar-refractivity contribution >= 4 is 5.69 Å². The van der Waals surface area contributed by atoms with Gasteiger partial charge in [-0.2, -0.15) is 0 Å². The molecule has 1 unspecified atom stereocenters. The molecule has 0 aromatic heterocycles. The zero-order valence-corrected chi connectivity index (χ0v) is 11.4. The molecular formula is C17H19NO. The van der Waals surface area contributed by atoms with Crippen LogP contribution in [0.5, 0.6) is 5.75 Å². The Bertz CT molecular complexity index is 592. The predicted octanol–water partition coefficient (Wildman–Crippen LogP) is 4.10. The van der Waals surface area contributed by atoms with Crippen LogP contribution in [0.15, 0.2) is 42.5 Å². The first kappa shape index (κ1) is 12.1. The topological polar surface area (TPSA) is 21.3 Å². The third kappa shape index (κ3) is 2.30. The van der Waals surface area contributed by atoms with E-state index in [0.717, 1.165) is 24.3 Å². The molecule has 1 N–H and O–H groups in total. The van der Waals surface area contributed by atoms with Gasteiger partial charge in [0.25, 0.3) is 0 Å². The van der Waals surface area contributed by atoms with Crippen molar-refractivity contribution in [2.75, 3.05) is 12.4 Å². The number of methoxy groups -OCH3 is 1. The maximum Gasteiger partial charge on any atom is 0.142 e. The standard InChI is InChI=1S/C17H19NO/c1-12-7-9-16(17(11-12)19-2)18-15-10-8-13-5-3-4-6-14(13)15/h3-7,9,11,15,18H,8,10H2,1-2H3. The van der Waals surface area contributed by atoms with Crippen molar-refractivity contribution < 1.29 is 4.74 Å². The van der Waals surface area contributed by atoms with Gasteiger partial charge in [0.05, 0.1) is 18.8 Å². The van der Waals surface area contributed by atoms with Gasteiger partial charge in [-0.3, -0.25) is 0 Å². The molecule has 0 saturated heterocycles. The van der Waals surface area contributed by atoms with E-state index in [2.05, 4.69) is 54.7 Å². The van der Waals surface area contributed by atoms with Crippen molar-refractivity contribution in [3.63, 3.8) is 0 Å². The minimum atomic E-state index is 0.396. The summed E-state index contributed by atoms with van der Waals surface area (Å²) < 4.78 is 5.46. The first-order chi connectivity index (χ1) is 9.28. The van der Waals surface area contributed by atoms with Gasteiger partial charge < -0.3 is 10.1 Å². The molecule has 1 aliphatic rings. The van der Waals surface area contributed by atoms with Crippen molar-refractivity contribution in [3.05, 3.63) is 59.2 Å². The molecule has 2 aromatic rings. The van der Waals surface area contributed by atoms with Crippen LogP contribution in [0.25, 0.3) is 0 Å². The highest BCUT2D eigenvalue weighted by Gasteiger charge is 2.22. The summed E-state index contributed by atoms with van der Waals surface area (Å²) in [6.45, 7) is 2.08. The van der Waals surface area contributed by atoms with E-state index in [1.165, 1.54) is 16.7 Å². The smallest absolute Gasteiger partial charge is 0.142 e. The number of hydrogen-bond donors (Lipinski definition) is 1. The van der Waals surface area contributed by atoms with Crippen LogP contribution in [0, 0.1) is 6.92 Å². The number of fused-ring (bicyclic) bond motifs is 1. The zero-order valence-electron chi connectivity index (χ0n) is 11.4. The summed E-state index contributed by atoms with van der Waals surface area (Å²) in [4.78, 5) is 0. The van der Waals surface area contributed by atoms with E-state index in [-0.39, 0.29) is 0 Å². The molecular weight excluding hydrogens is 234 g/mol. The molecule has 0 heterocycles. The monoisotopic (exact) mass is 253 g/mol. The normalized spacial score (nSPS) is 17.1. The molecule has 2 heteroatoms. The lowest BCUT2D eigenvalue weighted by molar-refractivity contribution is 0.415. The SMILES string of the molecule is COc1cc(C)ccc1NC1CCc2ccccc21. The molecule has 0 radical (unpaired) electrons. The van der Waals surface area contributed by atoms with Crippen molar-refractivity contribution in [2.24, 2.45) is 0 Å². The van der Waals surface area contributed by atoms with Crippen LogP contribution in [-0.2, 0) is 6.42 Å². The number of rotatable bonds is 3. The Kier molecular flexibility index (Phi) is 3.16. The van der Waals surface area contributed by atoms with Gasteiger partial charge in [-0.1, -0.05) is 30.3 Å². The lowest BCUT2D eigenvalue weighted by Crippen LogP contribution is -2.08. The average molecular weight is 253 g/mol. The molecule has 0 fully saturated rings. The Balaban J connectivity index is 1.87. The highest BCUT2D eigenvalue weighted by Crippen LogP contribution is 2.36. The van der Waals surface area contributed by atoms with Gasteiger partial charge in [-0.05, 0) is 48.6 Å². The van der Waals surface area contributed by atoms with E-state index in [4.69, 9.17) is 4.74 Å². The fourth-order valence-electron chi connectivity index (χ4n) is 2.81. The van der Waals surface area contributed by atoms with Crippen LogP contribution in [0.3, 0.4) is 0 Å². The Morgan fingerprint density at radius 2 is 2.00 bits per heavy atom. The van der Waals surface area contributed by atoms with Crippen LogP contribution in [0.4, 0.5) is 5.69 Å². The number of aryl methyl sites for hydroxylation is 2. The summed E-state index contributed by atoms with van der Waals surface area (Å²) in [5.74, 6) is 0.921. The fraction of sp³-hybridized carbons (Fsp3) is 0.294. The molecule has 0 aliphatic heterocycles. The first-order valence-corrected chi connectivity index (χ1v) is 6.77. The van der Waals surface area contributed by atoms with Gasteiger partial charge in [0.2, 0.25) is 0 Å². The Morgan fingerprint density at radius 3 is 2.84 bits per heavy atom. The molecule has 2 aromatic carbocycles. The molecule has 1 aliphatic carbocycles. The lowest BCUT2D eigenvalue weighted by atomic mass is 10.1. The van der Waals surface area contributed by atoms with Gasteiger partial charge in [-0.15, -0.1) is 0 Å². The molecule has 0 spiro atoms. The van der Waals surface area contributed by atoms with Crippen LogP contribution >= 0.6 is 0 Å². The second kappa shape index (κ2) is 4.96. The van der Waals surface area contributed by atoms with Crippen molar-refractivity contribution in [1.29, 1.82) is 0 Å². The van der Waals surface area contributed by atoms with Gasteiger partial charge >= 0.3 is 0 Å². The zero-order chi connectivity index (χ0) is 13.2. The average Bonchev–Trinajstić information content (AvgIpc) is 2.84. The van der Waals surface area contributed by atoms with E-state index in [9.17, 15) is 0 Å². The molecule has 3 rings (SSSR count). The number of hydrogen-bond acceptors (Lipinski definition) is 2. The Morgan fingerprint density at radius 1 is 1.16 bits per heavy atom. The molecule has 19 heavy (non-hydrogen) atoms.